The van der Waals surface area contributed by atoms with Gasteiger partial charge in [-0.05, 0) is 20.8 Å². The number of amides is 1. The number of nitrogens with one attached hydrogen (secondary N) is 1. The molecule has 1 aliphatic heterocycles. The average molecular weight is 200 g/mol. The minimum atomic E-state index is -0.898. The first kappa shape index (κ1) is 11.5. The summed E-state index contributed by atoms with van der Waals surface area (Å²) in [4.78, 5) is 13.5. The number of piperazine rings is 1. The quantitative estimate of drug-likeness (QED) is 0.658. The maximum atomic E-state index is 11.7. The zero-order valence-corrected chi connectivity index (χ0v) is 9.21. The lowest BCUT2D eigenvalue weighted by Crippen LogP contribution is -2.52. The van der Waals surface area contributed by atoms with E-state index >= 15 is 0 Å². The summed E-state index contributed by atoms with van der Waals surface area (Å²) in [6, 6.07) is 0.356. The number of hydrogen-bond donors (Lipinski definition) is 2. The van der Waals surface area contributed by atoms with Crippen molar-refractivity contribution in [1.29, 1.82) is 0 Å². The topological polar surface area (TPSA) is 52.6 Å². The molecule has 0 aromatic carbocycles. The summed E-state index contributed by atoms with van der Waals surface area (Å²) in [7, 11) is 0. The Labute approximate surface area is 85.3 Å². The molecule has 0 saturated carbocycles. The van der Waals surface area contributed by atoms with Gasteiger partial charge in [-0.15, -0.1) is 0 Å². The fraction of sp³-hybridized carbons (Fsp3) is 0.900. The van der Waals surface area contributed by atoms with E-state index in [2.05, 4.69) is 12.2 Å². The van der Waals surface area contributed by atoms with Gasteiger partial charge in [-0.25, -0.2) is 0 Å². The zero-order chi connectivity index (χ0) is 10.8. The van der Waals surface area contributed by atoms with Crippen LogP contribution in [0, 0.1) is 0 Å². The number of carbonyl (C=O) groups excluding carboxylic acids is 1. The summed E-state index contributed by atoms with van der Waals surface area (Å²) < 4.78 is 0. The van der Waals surface area contributed by atoms with Crippen molar-refractivity contribution in [2.75, 3.05) is 19.6 Å². The summed E-state index contributed by atoms with van der Waals surface area (Å²) in [6.45, 7) is 7.73. The van der Waals surface area contributed by atoms with E-state index < -0.39 is 5.60 Å². The third-order valence-electron chi connectivity index (χ3n) is 2.31. The first-order valence-corrected chi connectivity index (χ1v) is 5.12. The summed E-state index contributed by atoms with van der Waals surface area (Å²) in [5, 5.41) is 12.8. The molecule has 0 aromatic heterocycles. The van der Waals surface area contributed by atoms with E-state index in [1.165, 1.54) is 0 Å². The fourth-order valence-corrected chi connectivity index (χ4v) is 1.64. The molecule has 0 spiro atoms. The van der Waals surface area contributed by atoms with Gasteiger partial charge < -0.3 is 15.3 Å². The van der Waals surface area contributed by atoms with Crippen LogP contribution in [-0.4, -0.2) is 47.2 Å². The predicted octanol–water partition coefficient (Wildman–Crippen LogP) is -0.0323. The second kappa shape index (κ2) is 4.28. The molecule has 1 saturated heterocycles. The Morgan fingerprint density at radius 3 is 2.79 bits per heavy atom. The highest BCUT2D eigenvalue weighted by Gasteiger charge is 2.25. The van der Waals surface area contributed by atoms with Crippen molar-refractivity contribution < 1.29 is 9.90 Å². The number of nitrogens with zero attached hydrogens (tertiary/aromatic N) is 1. The third-order valence-corrected chi connectivity index (χ3v) is 2.31. The van der Waals surface area contributed by atoms with Crippen LogP contribution in [-0.2, 0) is 4.79 Å². The van der Waals surface area contributed by atoms with Gasteiger partial charge in [0, 0.05) is 25.7 Å². The molecular formula is C10H20N2O2. The fourth-order valence-electron chi connectivity index (χ4n) is 1.64. The molecule has 2 N–H and O–H groups in total. The summed E-state index contributed by atoms with van der Waals surface area (Å²) in [5.41, 5.74) is -0.898. The molecule has 0 bridgehead atoms. The molecule has 1 fully saturated rings. The Kier molecular flexibility index (Phi) is 3.50. The smallest absolute Gasteiger partial charge is 0.225 e. The molecule has 1 heterocycles. The van der Waals surface area contributed by atoms with Crippen molar-refractivity contribution in [2.24, 2.45) is 0 Å². The molecule has 14 heavy (non-hydrogen) atoms. The molecule has 4 heteroatoms. The minimum absolute atomic E-state index is 0.0471. The van der Waals surface area contributed by atoms with Crippen LogP contribution in [0.4, 0.5) is 0 Å². The molecule has 0 radical (unpaired) electrons. The van der Waals surface area contributed by atoms with Crippen LogP contribution in [0.15, 0.2) is 0 Å². The second-order valence-electron chi connectivity index (χ2n) is 4.68. The number of rotatable bonds is 2. The first-order valence-electron chi connectivity index (χ1n) is 5.12. The average Bonchev–Trinajstić information content (AvgIpc) is 2.01. The molecule has 1 atom stereocenters. The summed E-state index contributed by atoms with van der Waals surface area (Å²) in [6.07, 6.45) is 0.208. The van der Waals surface area contributed by atoms with Crippen molar-refractivity contribution >= 4 is 5.91 Å². The molecule has 0 aromatic rings. The first-order chi connectivity index (χ1) is 6.38. The van der Waals surface area contributed by atoms with E-state index in [9.17, 15) is 9.90 Å². The molecular weight excluding hydrogens is 180 g/mol. The molecule has 1 rings (SSSR count). The molecule has 0 aliphatic carbocycles. The van der Waals surface area contributed by atoms with Gasteiger partial charge >= 0.3 is 0 Å². The van der Waals surface area contributed by atoms with E-state index in [1.54, 1.807) is 13.8 Å². The van der Waals surface area contributed by atoms with E-state index in [-0.39, 0.29) is 12.3 Å². The van der Waals surface area contributed by atoms with E-state index in [0.717, 1.165) is 19.6 Å². The van der Waals surface area contributed by atoms with Gasteiger partial charge in [0.1, 0.15) is 0 Å². The lowest BCUT2D eigenvalue weighted by atomic mass is 10.0. The standard InChI is InChI=1S/C10H20N2O2/c1-8-7-12(5-4-11-8)9(13)6-10(2,3)14/h8,11,14H,4-7H2,1-3H3. The molecule has 1 aliphatic rings. The maximum Gasteiger partial charge on any atom is 0.225 e. The normalized spacial score (nSPS) is 23.7. The monoisotopic (exact) mass is 200 g/mol. The van der Waals surface area contributed by atoms with Crippen molar-refractivity contribution in [3.05, 3.63) is 0 Å². The molecule has 1 amide bonds. The highest BCUT2D eigenvalue weighted by molar-refractivity contribution is 5.77. The highest BCUT2D eigenvalue weighted by atomic mass is 16.3. The van der Waals surface area contributed by atoms with Crippen LogP contribution in [0.3, 0.4) is 0 Å². The van der Waals surface area contributed by atoms with Gasteiger partial charge in [-0.1, -0.05) is 0 Å². The van der Waals surface area contributed by atoms with Gasteiger partial charge in [0.25, 0.3) is 0 Å². The Balaban J connectivity index is 2.44. The van der Waals surface area contributed by atoms with Crippen molar-refractivity contribution in [2.45, 2.75) is 38.8 Å². The number of carbonyl (C=O) groups is 1. The molecule has 4 nitrogen and oxygen atoms in total. The Morgan fingerprint density at radius 2 is 2.29 bits per heavy atom. The van der Waals surface area contributed by atoms with Crippen molar-refractivity contribution in [3.8, 4) is 0 Å². The van der Waals surface area contributed by atoms with Crippen LogP contribution in [0.2, 0.25) is 0 Å². The van der Waals surface area contributed by atoms with Gasteiger partial charge in [-0.3, -0.25) is 4.79 Å². The Morgan fingerprint density at radius 1 is 1.64 bits per heavy atom. The van der Waals surface area contributed by atoms with Crippen molar-refractivity contribution in [1.82, 2.24) is 10.2 Å². The van der Waals surface area contributed by atoms with Crippen LogP contribution in [0.5, 0.6) is 0 Å². The summed E-state index contributed by atoms with van der Waals surface area (Å²) in [5.74, 6) is 0.0471. The van der Waals surface area contributed by atoms with Crippen LogP contribution in [0.1, 0.15) is 27.2 Å². The zero-order valence-electron chi connectivity index (χ0n) is 9.21. The van der Waals surface area contributed by atoms with Gasteiger partial charge in [0.15, 0.2) is 0 Å². The molecule has 82 valence electrons. The predicted molar refractivity (Wildman–Crippen MR) is 55.0 cm³/mol. The van der Waals surface area contributed by atoms with Crippen LogP contribution >= 0.6 is 0 Å². The van der Waals surface area contributed by atoms with E-state index in [0.29, 0.717) is 6.04 Å². The lowest BCUT2D eigenvalue weighted by Gasteiger charge is -2.33. The number of hydrogen-bond acceptors (Lipinski definition) is 3. The number of aliphatic hydroxyl groups is 1. The van der Waals surface area contributed by atoms with E-state index in [4.69, 9.17) is 0 Å². The lowest BCUT2D eigenvalue weighted by molar-refractivity contribution is -0.136. The molecule has 1 unspecified atom stereocenters. The van der Waals surface area contributed by atoms with Gasteiger partial charge in [0.2, 0.25) is 5.91 Å². The Bertz CT molecular complexity index is 211. The minimum Gasteiger partial charge on any atom is -0.390 e. The van der Waals surface area contributed by atoms with Gasteiger partial charge in [0.05, 0.1) is 12.0 Å². The largest absolute Gasteiger partial charge is 0.390 e. The van der Waals surface area contributed by atoms with Crippen LogP contribution < -0.4 is 5.32 Å². The van der Waals surface area contributed by atoms with E-state index in [1.807, 2.05) is 4.90 Å². The van der Waals surface area contributed by atoms with Gasteiger partial charge in [-0.2, -0.15) is 0 Å². The maximum absolute atomic E-state index is 11.7. The third kappa shape index (κ3) is 3.64. The SMILES string of the molecule is CC1CN(C(=O)CC(C)(C)O)CCN1. The van der Waals surface area contributed by atoms with Crippen molar-refractivity contribution in [3.63, 3.8) is 0 Å². The highest BCUT2D eigenvalue weighted by Crippen LogP contribution is 2.11. The summed E-state index contributed by atoms with van der Waals surface area (Å²) >= 11 is 0. The second-order valence-corrected chi connectivity index (χ2v) is 4.68. The Hall–Kier alpha value is -0.610. The van der Waals surface area contributed by atoms with Crippen LogP contribution in [0.25, 0.3) is 0 Å².